The molecule has 0 heterocycles. The highest BCUT2D eigenvalue weighted by atomic mass is 19.2. The van der Waals surface area contributed by atoms with E-state index in [1.54, 1.807) is 0 Å². The maximum atomic E-state index is 15.1. The molecule has 0 aliphatic heterocycles. The zero-order valence-electron chi connectivity index (χ0n) is 14.3. The number of hydrogen-bond donors (Lipinski definition) is 1. The molecular formula is C20H9F3N2O4. The van der Waals surface area contributed by atoms with Crippen LogP contribution in [0.3, 0.4) is 0 Å². The Morgan fingerprint density at radius 2 is 1.28 bits per heavy atom. The lowest BCUT2D eigenvalue weighted by molar-refractivity contribution is -0.384. The van der Waals surface area contributed by atoms with Crippen molar-refractivity contribution in [3.63, 3.8) is 0 Å². The molecule has 0 bridgehead atoms. The molecule has 0 fully saturated rings. The van der Waals surface area contributed by atoms with Gasteiger partial charge in [0.1, 0.15) is 5.69 Å². The second-order valence-electron chi connectivity index (χ2n) is 6.20. The molecule has 9 heteroatoms. The van der Waals surface area contributed by atoms with Crippen LogP contribution in [0.5, 0.6) is 0 Å². The maximum absolute atomic E-state index is 15.1. The van der Waals surface area contributed by atoms with Crippen molar-refractivity contribution in [2.45, 2.75) is 0 Å². The molecule has 1 aliphatic rings. The van der Waals surface area contributed by atoms with Crippen LogP contribution < -0.4 is 5.32 Å². The van der Waals surface area contributed by atoms with E-state index in [0.717, 1.165) is 24.3 Å². The van der Waals surface area contributed by atoms with E-state index in [4.69, 9.17) is 0 Å². The minimum atomic E-state index is -1.68. The van der Waals surface area contributed by atoms with Crippen molar-refractivity contribution in [3.8, 4) is 0 Å². The number of nitro groups is 1. The first-order chi connectivity index (χ1) is 13.8. The van der Waals surface area contributed by atoms with Gasteiger partial charge in [0.25, 0.3) is 5.69 Å². The van der Waals surface area contributed by atoms with Crippen LogP contribution in [0.4, 0.5) is 30.2 Å². The van der Waals surface area contributed by atoms with Gasteiger partial charge in [-0.2, -0.15) is 0 Å². The molecule has 0 spiro atoms. The van der Waals surface area contributed by atoms with Crippen LogP contribution in [-0.4, -0.2) is 16.5 Å². The van der Waals surface area contributed by atoms with Crippen molar-refractivity contribution in [1.82, 2.24) is 0 Å². The number of halogens is 3. The zero-order valence-corrected chi connectivity index (χ0v) is 14.3. The molecule has 29 heavy (non-hydrogen) atoms. The number of fused-ring (bicyclic) bond motifs is 2. The Balaban J connectivity index is 1.86. The van der Waals surface area contributed by atoms with Gasteiger partial charge in [-0.1, -0.05) is 24.3 Å². The van der Waals surface area contributed by atoms with Gasteiger partial charge in [-0.3, -0.25) is 19.7 Å². The fraction of sp³-hybridized carbons (Fsp3) is 0. The Kier molecular flexibility index (Phi) is 4.15. The van der Waals surface area contributed by atoms with Gasteiger partial charge in [-0.15, -0.1) is 0 Å². The third-order valence-corrected chi connectivity index (χ3v) is 4.54. The summed E-state index contributed by atoms with van der Waals surface area (Å²) in [5, 5.41) is 13.0. The number of nitrogens with zero attached hydrogens (tertiary/aromatic N) is 1. The topological polar surface area (TPSA) is 89.3 Å². The van der Waals surface area contributed by atoms with E-state index in [0.29, 0.717) is 0 Å². The summed E-state index contributed by atoms with van der Waals surface area (Å²) >= 11 is 0. The number of hydrogen-bond acceptors (Lipinski definition) is 5. The first kappa shape index (κ1) is 18.4. The normalized spacial score (nSPS) is 12.4. The fourth-order valence-electron chi connectivity index (χ4n) is 3.16. The highest BCUT2D eigenvalue weighted by molar-refractivity contribution is 6.28. The molecule has 3 aromatic rings. The summed E-state index contributed by atoms with van der Waals surface area (Å²) in [5.41, 5.74) is -3.30. The van der Waals surface area contributed by atoms with Gasteiger partial charge in [0, 0.05) is 28.9 Å². The third kappa shape index (κ3) is 2.75. The summed E-state index contributed by atoms with van der Waals surface area (Å²) in [6.45, 7) is 0. The van der Waals surface area contributed by atoms with Gasteiger partial charge in [-0.25, -0.2) is 13.2 Å². The van der Waals surface area contributed by atoms with Crippen molar-refractivity contribution < 1.29 is 27.7 Å². The number of carbonyl (C=O) groups excluding carboxylic acids is 2. The Morgan fingerprint density at radius 3 is 1.79 bits per heavy atom. The number of non-ortho nitro benzene ring substituents is 1. The molecule has 6 nitrogen and oxygen atoms in total. The molecule has 0 aromatic heterocycles. The summed E-state index contributed by atoms with van der Waals surface area (Å²) in [4.78, 5) is 35.3. The van der Waals surface area contributed by atoms with Crippen LogP contribution >= 0.6 is 0 Å². The molecule has 4 rings (SSSR count). The Hall–Kier alpha value is -4.01. The Labute approximate surface area is 160 Å². The predicted molar refractivity (Wildman–Crippen MR) is 96.0 cm³/mol. The number of ketones is 2. The van der Waals surface area contributed by atoms with Gasteiger partial charge in [0.05, 0.1) is 16.1 Å². The Bertz CT molecular complexity index is 1220. The van der Waals surface area contributed by atoms with Crippen molar-refractivity contribution in [1.29, 1.82) is 0 Å². The SMILES string of the molecule is O=C1c2ccccc2C(=O)c2c(F)c(Nc3ccc([N+](=O)[O-])cc3)c(F)c(F)c21. The molecule has 144 valence electrons. The summed E-state index contributed by atoms with van der Waals surface area (Å²) in [5.74, 6) is -6.70. The monoisotopic (exact) mass is 398 g/mol. The molecule has 0 unspecified atom stereocenters. The molecule has 0 amide bonds. The number of anilines is 2. The van der Waals surface area contributed by atoms with E-state index in [2.05, 4.69) is 5.32 Å². The predicted octanol–water partition coefficient (Wildman–Crippen LogP) is 4.53. The number of carbonyl (C=O) groups is 2. The summed E-state index contributed by atoms with van der Waals surface area (Å²) in [6, 6.07) is 9.97. The smallest absolute Gasteiger partial charge is 0.269 e. The molecule has 0 saturated heterocycles. The zero-order chi connectivity index (χ0) is 20.9. The van der Waals surface area contributed by atoms with Crippen LogP contribution in [-0.2, 0) is 0 Å². The van der Waals surface area contributed by atoms with Crippen molar-refractivity contribution in [2.75, 3.05) is 5.32 Å². The van der Waals surface area contributed by atoms with Crippen LogP contribution in [0.1, 0.15) is 31.8 Å². The van der Waals surface area contributed by atoms with E-state index in [9.17, 15) is 28.5 Å². The molecule has 1 N–H and O–H groups in total. The average Bonchev–Trinajstić information content (AvgIpc) is 2.72. The Morgan fingerprint density at radius 1 is 0.759 bits per heavy atom. The molecule has 3 aromatic carbocycles. The van der Waals surface area contributed by atoms with E-state index < -0.39 is 50.8 Å². The standard InChI is InChI=1S/C20H9F3N2O4/c21-15-13-14(20(27)12-4-2-1-3-11(12)19(13)26)16(22)18(17(15)23)24-9-5-7-10(8-6-9)25(28)29/h1-8,24H. The first-order valence-electron chi connectivity index (χ1n) is 8.21. The van der Waals surface area contributed by atoms with Crippen LogP contribution in [0.25, 0.3) is 0 Å². The van der Waals surface area contributed by atoms with E-state index in [1.807, 2.05) is 0 Å². The van der Waals surface area contributed by atoms with Crippen LogP contribution in [0, 0.1) is 27.6 Å². The van der Waals surface area contributed by atoms with Gasteiger partial charge in [-0.05, 0) is 12.1 Å². The summed E-state index contributed by atoms with van der Waals surface area (Å²) in [7, 11) is 0. The molecular weight excluding hydrogens is 389 g/mol. The van der Waals surface area contributed by atoms with E-state index in [-0.39, 0.29) is 22.5 Å². The molecule has 1 aliphatic carbocycles. The summed E-state index contributed by atoms with van der Waals surface area (Å²) < 4.78 is 44.3. The third-order valence-electron chi connectivity index (χ3n) is 4.54. The fourth-order valence-corrected chi connectivity index (χ4v) is 3.16. The van der Waals surface area contributed by atoms with Gasteiger partial charge in [0.15, 0.2) is 29.0 Å². The van der Waals surface area contributed by atoms with Gasteiger partial charge in [0.2, 0.25) is 0 Å². The first-order valence-corrected chi connectivity index (χ1v) is 8.21. The van der Waals surface area contributed by atoms with Gasteiger partial charge >= 0.3 is 0 Å². The second kappa shape index (κ2) is 6.55. The average molecular weight is 398 g/mol. The number of rotatable bonds is 3. The van der Waals surface area contributed by atoms with Crippen molar-refractivity contribution >= 4 is 28.6 Å². The van der Waals surface area contributed by atoms with Crippen LogP contribution in [0.15, 0.2) is 48.5 Å². The highest BCUT2D eigenvalue weighted by Gasteiger charge is 2.38. The molecule has 0 saturated carbocycles. The van der Waals surface area contributed by atoms with E-state index >= 15 is 4.39 Å². The summed E-state index contributed by atoms with van der Waals surface area (Å²) in [6.07, 6.45) is 0. The molecule has 0 atom stereocenters. The lowest BCUT2D eigenvalue weighted by Gasteiger charge is -2.21. The highest BCUT2D eigenvalue weighted by Crippen LogP contribution is 2.37. The minimum Gasteiger partial charge on any atom is -0.351 e. The second-order valence-corrected chi connectivity index (χ2v) is 6.20. The minimum absolute atomic E-state index is 0.0164. The number of nitrogens with one attached hydrogen (secondary N) is 1. The molecule has 0 radical (unpaired) electrons. The van der Waals surface area contributed by atoms with E-state index in [1.165, 1.54) is 24.3 Å². The lowest BCUT2D eigenvalue weighted by Crippen LogP contribution is -2.25. The largest absolute Gasteiger partial charge is 0.351 e. The quantitative estimate of drug-likeness (QED) is 0.311. The van der Waals surface area contributed by atoms with Crippen molar-refractivity contribution in [3.05, 3.63) is 98.4 Å². The lowest BCUT2D eigenvalue weighted by atomic mass is 9.83. The van der Waals surface area contributed by atoms with Gasteiger partial charge < -0.3 is 5.32 Å². The maximum Gasteiger partial charge on any atom is 0.269 e. The number of nitro benzene ring substituents is 1. The van der Waals surface area contributed by atoms with Crippen LogP contribution in [0.2, 0.25) is 0 Å². The number of benzene rings is 3. The van der Waals surface area contributed by atoms with Crippen molar-refractivity contribution in [2.24, 2.45) is 0 Å².